The molecule has 0 unspecified atom stereocenters. The van der Waals surface area contributed by atoms with E-state index in [1.54, 1.807) is 6.20 Å². The minimum absolute atomic E-state index is 0.0162. The third-order valence-electron chi connectivity index (χ3n) is 3.39. The summed E-state index contributed by atoms with van der Waals surface area (Å²) in [5, 5.41) is 3.15. The van der Waals surface area contributed by atoms with Gasteiger partial charge >= 0.3 is 0 Å². The summed E-state index contributed by atoms with van der Waals surface area (Å²) in [6, 6.07) is 7.99. The van der Waals surface area contributed by atoms with Crippen molar-refractivity contribution in [3.8, 4) is 0 Å². The van der Waals surface area contributed by atoms with Crippen LogP contribution in [0.15, 0.2) is 36.5 Å². The molecule has 20 heavy (non-hydrogen) atoms. The maximum atomic E-state index is 10.9. The number of carbonyl (C=O) groups excluding carboxylic acids is 1. The van der Waals surface area contributed by atoms with E-state index >= 15 is 0 Å². The van der Waals surface area contributed by atoms with Crippen LogP contribution in [0.4, 0.5) is 5.69 Å². The van der Waals surface area contributed by atoms with E-state index in [4.69, 9.17) is 9.47 Å². The predicted molar refractivity (Wildman–Crippen MR) is 78.5 cm³/mol. The highest BCUT2D eigenvalue weighted by Crippen LogP contribution is 2.30. The van der Waals surface area contributed by atoms with E-state index < -0.39 is 5.79 Å². The Morgan fingerprint density at radius 2 is 2.05 bits per heavy atom. The van der Waals surface area contributed by atoms with Crippen LogP contribution in [-0.4, -0.2) is 24.8 Å². The Hall–Kier alpha value is -1.65. The molecular formula is C16H21NO3. The molecule has 1 heterocycles. The first-order valence-corrected chi connectivity index (χ1v) is 6.95. The van der Waals surface area contributed by atoms with Crippen LogP contribution in [0.5, 0.6) is 0 Å². The number of hydrogen-bond donors (Lipinski definition) is 1. The van der Waals surface area contributed by atoms with Crippen molar-refractivity contribution in [2.45, 2.75) is 32.5 Å². The Balaban J connectivity index is 2.13. The molecule has 1 aromatic carbocycles. The van der Waals surface area contributed by atoms with Crippen molar-refractivity contribution in [3.05, 3.63) is 42.1 Å². The lowest BCUT2D eigenvalue weighted by molar-refractivity contribution is -0.157. The smallest absolute Gasteiger partial charge is 0.172 e. The van der Waals surface area contributed by atoms with Gasteiger partial charge in [0.2, 0.25) is 0 Å². The molecule has 1 N–H and O–H groups in total. The number of rotatable bonds is 6. The van der Waals surface area contributed by atoms with E-state index in [9.17, 15) is 4.79 Å². The summed E-state index contributed by atoms with van der Waals surface area (Å²) in [4.78, 5) is 10.9. The molecule has 1 saturated heterocycles. The van der Waals surface area contributed by atoms with Crippen LogP contribution in [-0.2, 0) is 20.7 Å². The van der Waals surface area contributed by atoms with E-state index in [0.29, 0.717) is 19.6 Å². The SMILES string of the molecule is CCC1(Cc2ccccc2NC=CC(C)=O)OCCO1. The predicted octanol–water partition coefficient (Wildman–Crippen LogP) is 2.90. The fourth-order valence-electron chi connectivity index (χ4n) is 2.28. The zero-order valence-corrected chi connectivity index (χ0v) is 12.0. The van der Waals surface area contributed by atoms with Crippen LogP contribution in [0, 0.1) is 0 Å². The molecule has 0 saturated carbocycles. The molecule has 1 aliphatic rings. The number of nitrogens with one attached hydrogen (secondary N) is 1. The Morgan fingerprint density at radius 1 is 1.35 bits per heavy atom. The van der Waals surface area contributed by atoms with Crippen molar-refractivity contribution >= 4 is 11.5 Å². The monoisotopic (exact) mass is 275 g/mol. The minimum atomic E-state index is -0.512. The highest BCUT2D eigenvalue weighted by molar-refractivity contribution is 5.87. The number of ether oxygens (including phenoxy) is 2. The highest BCUT2D eigenvalue weighted by Gasteiger charge is 2.35. The summed E-state index contributed by atoms with van der Waals surface area (Å²) in [5.41, 5.74) is 2.08. The fourth-order valence-corrected chi connectivity index (χ4v) is 2.28. The first-order valence-electron chi connectivity index (χ1n) is 6.95. The van der Waals surface area contributed by atoms with Crippen LogP contribution in [0.25, 0.3) is 0 Å². The summed E-state index contributed by atoms with van der Waals surface area (Å²) >= 11 is 0. The third kappa shape index (κ3) is 3.68. The van der Waals surface area contributed by atoms with Crippen LogP contribution in [0.3, 0.4) is 0 Å². The number of hydrogen-bond acceptors (Lipinski definition) is 4. The van der Waals surface area contributed by atoms with Gasteiger partial charge in [0.25, 0.3) is 0 Å². The first-order chi connectivity index (χ1) is 9.65. The van der Waals surface area contributed by atoms with Crippen molar-refractivity contribution in [2.24, 2.45) is 0 Å². The lowest BCUT2D eigenvalue weighted by atomic mass is 10.0. The number of carbonyl (C=O) groups is 1. The molecule has 1 aromatic rings. The van der Waals surface area contributed by atoms with Gasteiger partial charge in [0.1, 0.15) is 0 Å². The molecule has 0 atom stereocenters. The average Bonchev–Trinajstić information content (AvgIpc) is 2.89. The molecule has 0 radical (unpaired) electrons. The average molecular weight is 275 g/mol. The Labute approximate surface area is 119 Å². The molecular weight excluding hydrogens is 254 g/mol. The quantitative estimate of drug-likeness (QED) is 0.811. The van der Waals surface area contributed by atoms with Gasteiger partial charge in [-0.15, -0.1) is 0 Å². The van der Waals surface area contributed by atoms with Crippen molar-refractivity contribution in [2.75, 3.05) is 18.5 Å². The summed E-state index contributed by atoms with van der Waals surface area (Å²) in [6.45, 7) is 4.88. The van der Waals surface area contributed by atoms with Gasteiger partial charge in [-0.2, -0.15) is 0 Å². The number of allylic oxidation sites excluding steroid dienone is 1. The second-order valence-electron chi connectivity index (χ2n) is 4.88. The second-order valence-corrected chi connectivity index (χ2v) is 4.88. The number of benzene rings is 1. The Kier molecular flexibility index (Phi) is 4.93. The zero-order valence-electron chi connectivity index (χ0n) is 12.0. The van der Waals surface area contributed by atoms with Crippen molar-refractivity contribution in [3.63, 3.8) is 0 Å². The molecule has 0 bridgehead atoms. The van der Waals surface area contributed by atoms with Gasteiger partial charge in [0.05, 0.1) is 13.2 Å². The van der Waals surface area contributed by atoms with Gasteiger partial charge < -0.3 is 14.8 Å². The fraction of sp³-hybridized carbons (Fsp3) is 0.438. The highest BCUT2D eigenvalue weighted by atomic mass is 16.7. The molecule has 4 nitrogen and oxygen atoms in total. The molecule has 108 valence electrons. The third-order valence-corrected chi connectivity index (χ3v) is 3.39. The van der Waals surface area contributed by atoms with Crippen molar-refractivity contribution in [1.29, 1.82) is 0 Å². The summed E-state index contributed by atoms with van der Waals surface area (Å²) in [7, 11) is 0. The maximum absolute atomic E-state index is 10.9. The summed E-state index contributed by atoms with van der Waals surface area (Å²) in [6.07, 6.45) is 4.68. The van der Waals surface area contributed by atoms with Gasteiger partial charge in [-0.25, -0.2) is 0 Å². The van der Waals surface area contributed by atoms with Crippen LogP contribution in [0.1, 0.15) is 25.8 Å². The van der Waals surface area contributed by atoms with Crippen LogP contribution >= 0.6 is 0 Å². The van der Waals surface area contributed by atoms with Crippen LogP contribution < -0.4 is 5.32 Å². The lowest BCUT2D eigenvalue weighted by Gasteiger charge is -2.27. The Morgan fingerprint density at radius 3 is 2.70 bits per heavy atom. The molecule has 1 fully saturated rings. The van der Waals surface area contributed by atoms with Crippen molar-refractivity contribution in [1.82, 2.24) is 0 Å². The lowest BCUT2D eigenvalue weighted by Crippen LogP contribution is -2.32. The van der Waals surface area contributed by atoms with E-state index in [1.807, 2.05) is 24.3 Å². The van der Waals surface area contributed by atoms with Gasteiger partial charge in [0.15, 0.2) is 11.6 Å². The van der Waals surface area contributed by atoms with Crippen LogP contribution in [0.2, 0.25) is 0 Å². The van der Waals surface area contributed by atoms with E-state index in [2.05, 4.69) is 12.2 Å². The number of ketones is 1. The van der Waals surface area contributed by atoms with Gasteiger partial charge in [-0.3, -0.25) is 4.79 Å². The van der Waals surface area contributed by atoms with E-state index in [0.717, 1.165) is 17.7 Å². The molecule has 1 aliphatic heterocycles. The maximum Gasteiger partial charge on any atom is 0.172 e. The molecule has 0 amide bonds. The Bertz CT molecular complexity index is 490. The molecule has 0 aromatic heterocycles. The topological polar surface area (TPSA) is 47.6 Å². The molecule has 0 spiro atoms. The van der Waals surface area contributed by atoms with Gasteiger partial charge in [0, 0.05) is 18.3 Å². The van der Waals surface area contributed by atoms with E-state index in [-0.39, 0.29) is 5.78 Å². The zero-order chi connectivity index (χ0) is 14.4. The first kappa shape index (κ1) is 14.8. The molecule has 2 rings (SSSR count). The normalized spacial score (nSPS) is 17.5. The number of anilines is 1. The molecule has 0 aliphatic carbocycles. The molecule has 4 heteroatoms. The largest absolute Gasteiger partial charge is 0.361 e. The summed E-state index contributed by atoms with van der Waals surface area (Å²) in [5.74, 6) is -0.496. The number of para-hydroxylation sites is 1. The summed E-state index contributed by atoms with van der Waals surface area (Å²) < 4.78 is 11.5. The van der Waals surface area contributed by atoms with Gasteiger partial charge in [-0.1, -0.05) is 25.1 Å². The second kappa shape index (κ2) is 6.68. The van der Waals surface area contributed by atoms with Gasteiger partial charge in [-0.05, 0) is 31.1 Å². The van der Waals surface area contributed by atoms with E-state index in [1.165, 1.54) is 13.0 Å². The standard InChI is InChI=1S/C16H21NO3/c1-3-16(19-10-11-20-16)12-14-6-4-5-7-15(14)17-9-8-13(2)18/h4-9,17H,3,10-12H2,1-2H3. The minimum Gasteiger partial charge on any atom is -0.361 e. The van der Waals surface area contributed by atoms with Crippen molar-refractivity contribution < 1.29 is 14.3 Å².